The third kappa shape index (κ3) is 2.24. The molecule has 0 unspecified atom stereocenters. The van der Waals surface area contributed by atoms with E-state index in [9.17, 15) is 5.26 Å². The minimum Gasteiger partial charge on any atom is -0.335 e. The topological polar surface area (TPSA) is 40.8 Å². The fourth-order valence-electron chi connectivity index (χ4n) is 2.49. The Hall–Kier alpha value is -1.79. The lowest BCUT2D eigenvalue weighted by molar-refractivity contribution is 0.591. The average Bonchev–Trinajstić information content (AvgIpc) is 2.61. The number of hydrogen-bond acceptors (Lipinski definition) is 2. The second kappa shape index (κ2) is 4.71. The van der Waals surface area contributed by atoms with E-state index in [1.54, 1.807) is 0 Å². The summed E-state index contributed by atoms with van der Waals surface area (Å²) in [6, 6.07) is 8.82. The molecule has 0 radical (unpaired) electrons. The smallest absolute Gasteiger partial charge is 0.125 e. The number of nitrogens with one attached hydrogen (secondary N) is 1. The second-order valence-electron chi connectivity index (χ2n) is 6.01. The number of aryl methyl sites for hydroxylation is 1. The molecule has 0 bridgehead atoms. The summed E-state index contributed by atoms with van der Waals surface area (Å²) >= 11 is 0. The lowest BCUT2D eigenvalue weighted by Crippen LogP contribution is -2.11. The lowest BCUT2D eigenvalue weighted by atomic mass is 9.86. The highest BCUT2D eigenvalue weighted by atomic mass is 15.0. The van der Waals surface area contributed by atoms with Crippen molar-refractivity contribution in [1.82, 2.24) is 9.88 Å². The fourth-order valence-corrected chi connectivity index (χ4v) is 2.49. The molecule has 0 amide bonds. The van der Waals surface area contributed by atoms with E-state index in [0.717, 1.165) is 16.8 Å². The molecule has 2 aromatic rings. The second-order valence-corrected chi connectivity index (χ2v) is 6.01. The van der Waals surface area contributed by atoms with Gasteiger partial charge in [0.15, 0.2) is 0 Å². The van der Waals surface area contributed by atoms with E-state index in [2.05, 4.69) is 50.4 Å². The summed E-state index contributed by atoms with van der Waals surface area (Å²) in [5.41, 5.74) is 4.37. The van der Waals surface area contributed by atoms with E-state index < -0.39 is 0 Å². The van der Waals surface area contributed by atoms with Crippen LogP contribution in [0.15, 0.2) is 18.2 Å². The van der Waals surface area contributed by atoms with E-state index >= 15 is 0 Å². The largest absolute Gasteiger partial charge is 0.335 e. The van der Waals surface area contributed by atoms with Crippen molar-refractivity contribution in [3.05, 3.63) is 35.0 Å². The minimum atomic E-state index is 0.119. The summed E-state index contributed by atoms with van der Waals surface area (Å²) in [4.78, 5) is 0. The van der Waals surface area contributed by atoms with E-state index in [1.807, 2.05) is 18.7 Å². The molecule has 0 aliphatic rings. The van der Waals surface area contributed by atoms with Crippen molar-refractivity contribution in [3.63, 3.8) is 0 Å². The molecule has 19 heavy (non-hydrogen) atoms. The minimum absolute atomic E-state index is 0.119. The van der Waals surface area contributed by atoms with Gasteiger partial charge in [0.2, 0.25) is 0 Å². The summed E-state index contributed by atoms with van der Waals surface area (Å²) in [6.45, 7) is 7.34. The highest BCUT2D eigenvalue weighted by Crippen LogP contribution is 2.30. The van der Waals surface area contributed by atoms with Gasteiger partial charge in [0.25, 0.3) is 0 Å². The molecule has 1 heterocycles. The highest BCUT2D eigenvalue weighted by molar-refractivity contribution is 5.87. The molecule has 3 nitrogen and oxygen atoms in total. The van der Waals surface area contributed by atoms with Crippen LogP contribution in [-0.2, 0) is 19.0 Å². The molecule has 1 N–H and O–H groups in total. The van der Waals surface area contributed by atoms with Gasteiger partial charge < -0.3 is 9.88 Å². The van der Waals surface area contributed by atoms with Crippen LogP contribution < -0.4 is 5.32 Å². The maximum Gasteiger partial charge on any atom is 0.125 e. The van der Waals surface area contributed by atoms with Crippen LogP contribution in [0.4, 0.5) is 0 Å². The fraction of sp³-hybridized carbons (Fsp3) is 0.438. The lowest BCUT2D eigenvalue weighted by Gasteiger charge is -2.19. The van der Waals surface area contributed by atoms with Gasteiger partial charge in [-0.15, -0.1) is 0 Å². The van der Waals surface area contributed by atoms with Crippen molar-refractivity contribution in [2.75, 3.05) is 7.05 Å². The first-order valence-electron chi connectivity index (χ1n) is 6.56. The first-order chi connectivity index (χ1) is 8.90. The van der Waals surface area contributed by atoms with Crippen LogP contribution in [0.1, 0.15) is 37.6 Å². The van der Waals surface area contributed by atoms with Crippen LogP contribution in [-0.4, -0.2) is 11.6 Å². The van der Waals surface area contributed by atoms with E-state index in [-0.39, 0.29) is 5.41 Å². The molecule has 3 heteroatoms. The van der Waals surface area contributed by atoms with Gasteiger partial charge in [-0.2, -0.15) is 5.26 Å². The normalized spacial score (nSPS) is 11.8. The van der Waals surface area contributed by atoms with Crippen LogP contribution in [0.3, 0.4) is 0 Å². The zero-order valence-electron chi connectivity index (χ0n) is 12.3. The summed E-state index contributed by atoms with van der Waals surface area (Å²) in [5, 5.41) is 13.7. The van der Waals surface area contributed by atoms with Gasteiger partial charge in [0.1, 0.15) is 11.8 Å². The summed E-state index contributed by atoms with van der Waals surface area (Å²) < 4.78 is 1.98. The van der Waals surface area contributed by atoms with Gasteiger partial charge in [-0.1, -0.05) is 26.8 Å². The molecule has 1 aromatic carbocycles. The predicted molar refractivity (Wildman–Crippen MR) is 79.1 cm³/mol. The predicted octanol–water partition coefficient (Wildman–Crippen LogP) is 3.07. The van der Waals surface area contributed by atoms with Crippen LogP contribution >= 0.6 is 0 Å². The van der Waals surface area contributed by atoms with Gasteiger partial charge in [0.05, 0.1) is 0 Å². The monoisotopic (exact) mass is 255 g/mol. The average molecular weight is 255 g/mol. The molecule has 1 aromatic heterocycles. The Kier molecular flexibility index (Phi) is 3.38. The molecular weight excluding hydrogens is 234 g/mol. The molecule has 0 spiro atoms. The summed E-state index contributed by atoms with van der Waals surface area (Å²) in [6.07, 6.45) is 0. The van der Waals surface area contributed by atoms with Gasteiger partial charge in [-0.25, -0.2) is 0 Å². The molecule has 100 valence electrons. The molecule has 0 aliphatic carbocycles. The number of aromatic nitrogens is 1. The van der Waals surface area contributed by atoms with Crippen LogP contribution in [0, 0.1) is 11.3 Å². The van der Waals surface area contributed by atoms with Crippen molar-refractivity contribution in [1.29, 1.82) is 5.26 Å². The number of nitrogens with zero attached hydrogens (tertiary/aromatic N) is 2. The summed E-state index contributed by atoms with van der Waals surface area (Å²) in [7, 11) is 3.87. The Morgan fingerprint density at radius 1 is 1.32 bits per heavy atom. The van der Waals surface area contributed by atoms with Crippen molar-refractivity contribution in [2.45, 2.75) is 32.7 Å². The van der Waals surface area contributed by atoms with E-state index in [0.29, 0.717) is 6.54 Å². The number of hydrogen-bond donors (Lipinski definition) is 1. The molecule has 0 atom stereocenters. The van der Waals surface area contributed by atoms with Crippen molar-refractivity contribution < 1.29 is 0 Å². The molecule has 0 aliphatic heterocycles. The third-order valence-electron chi connectivity index (χ3n) is 3.63. The van der Waals surface area contributed by atoms with Gasteiger partial charge in [-0.3, -0.25) is 0 Å². The number of benzene rings is 1. The third-order valence-corrected chi connectivity index (χ3v) is 3.63. The van der Waals surface area contributed by atoms with Crippen LogP contribution in [0.5, 0.6) is 0 Å². The van der Waals surface area contributed by atoms with Gasteiger partial charge >= 0.3 is 0 Å². The highest BCUT2D eigenvalue weighted by Gasteiger charge is 2.18. The maximum atomic E-state index is 9.36. The first-order valence-corrected chi connectivity index (χ1v) is 6.56. The van der Waals surface area contributed by atoms with Crippen LogP contribution in [0.2, 0.25) is 0 Å². The molecule has 0 saturated carbocycles. The van der Waals surface area contributed by atoms with Crippen LogP contribution in [0.25, 0.3) is 10.9 Å². The molecular formula is C16H21N3. The molecule has 0 saturated heterocycles. The molecule has 0 fully saturated rings. The van der Waals surface area contributed by atoms with Crippen molar-refractivity contribution in [2.24, 2.45) is 7.05 Å². The Morgan fingerprint density at radius 2 is 2.00 bits per heavy atom. The quantitative estimate of drug-likeness (QED) is 0.896. The Labute approximate surface area is 114 Å². The Balaban J connectivity index is 2.77. The zero-order chi connectivity index (χ0) is 14.2. The summed E-state index contributed by atoms with van der Waals surface area (Å²) in [5.74, 6) is 0. The molecule has 2 rings (SSSR count). The number of rotatable bonds is 2. The Morgan fingerprint density at radius 3 is 2.53 bits per heavy atom. The Bertz CT molecular complexity index is 651. The van der Waals surface area contributed by atoms with Gasteiger partial charge in [0, 0.05) is 30.1 Å². The zero-order valence-corrected chi connectivity index (χ0v) is 12.3. The SMILES string of the molecule is CNCc1c(C#N)n(C)c2ccc(C(C)(C)C)cc12. The first kappa shape index (κ1) is 13.6. The number of nitriles is 1. The van der Waals surface area contributed by atoms with Crippen molar-refractivity contribution >= 4 is 10.9 Å². The van der Waals surface area contributed by atoms with E-state index in [4.69, 9.17) is 0 Å². The maximum absolute atomic E-state index is 9.36. The van der Waals surface area contributed by atoms with E-state index in [1.165, 1.54) is 10.9 Å². The van der Waals surface area contributed by atoms with Gasteiger partial charge in [-0.05, 0) is 30.2 Å². The van der Waals surface area contributed by atoms with Crippen molar-refractivity contribution in [3.8, 4) is 6.07 Å². The standard InChI is InChI=1S/C16H21N3/c1-16(2,3)11-6-7-14-12(8-11)13(10-18-4)15(9-17)19(14)5/h6-8,18H,10H2,1-5H3. The number of fused-ring (bicyclic) bond motifs is 1.